The van der Waals surface area contributed by atoms with E-state index in [9.17, 15) is 14.0 Å². The summed E-state index contributed by atoms with van der Waals surface area (Å²) in [7, 11) is 1.71. The van der Waals surface area contributed by atoms with Gasteiger partial charge >= 0.3 is 0 Å². The molecule has 0 spiro atoms. The van der Waals surface area contributed by atoms with Crippen LogP contribution >= 0.6 is 0 Å². The summed E-state index contributed by atoms with van der Waals surface area (Å²) in [5.41, 5.74) is 1.96. The normalized spacial score (nSPS) is 16.8. The number of rotatable bonds is 6. The Bertz CT molecular complexity index is 1080. The smallest absolute Gasteiger partial charge is 0.237 e. The Kier molecular flexibility index (Phi) is 6.28. The summed E-state index contributed by atoms with van der Waals surface area (Å²) in [6.07, 6.45) is 0.108. The molecule has 1 saturated heterocycles. The first-order valence-electron chi connectivity index (χ1n) is 10.5. The fourth-order valence-electron chi connectivity index (χ4n) is 4.02. The van der Waals surface area contributed by atoms with Crippen molar-refractivity contribution >= 4 is 22.6 Å². The van der Waals surface area contributed by atoms with E-state index in [1.165, 1.54) is 17.5 Å². The van der Waals surface area contributed by atoms with Crippen LogP contribution in [0, 0.1) is 5.82 Å². The molecule has 1 aliphatic rings. The first-order valence-corrected chi connectivity index (χ1v) is 10.5. The summed E-state index contributed by atoms with van der Waals surface area (Å²) in [6.45, 7) is 2.25. The molecule has 0 aliphatic carbocycles. The molecular weight excluding hydrogens is 393 g/mol. The van der Waals surface area contributed by atoms with Crippen LogP contribution in [-0.4, -0.2) is 47.8 Å². The largest absolute Gasteiger partial charge is 0.353 e. The molecule has 0 aromatic heterocycles. The van der Waals surface area contributed by atoms with Crippen molar-refractivity contribution in [3.63, 3.8) is 0 Å². The molecule has 3 aromatic carbocycles. The fraction of sp³-hybridized carbons (Fsp3) is 0.280. The quantitative estimate of drug-likeness (QED) is 0.667. The number of benzene rings is 3. The minimum absolute atomic E-state index is 0.108. The van der Waals surface area contributed by atoms with Gasteiger partial charge in [0.2, 0.25) is 11.8 Å². The van der Waals surface area contributed by atoms with Crippen LogP contribution < -0.4 is 5.32 Å². The predicted molar refractivity (Wildman–Crippen MR) is 119 cm³/mol. The fourth-order valence-corrected chi connectivity index (χ4v) is 4.02. The van der Waals surface area contributed by atoms with Crippen molar-refractivity contribution in [2.75, 3.05) is 20.1 Å². The molecule has 1 aliphatic heterocycles. The van der Waals surface area contributed by atoms with Crippen molar-refractivity contribution in [1.82, 2.24) is 15.1 Å². The molecule has 3 aromatic rings. The van der Waals surface area contributed by atoms with Gasteiger partial charge in [-0.15, -0.1) is 0 Å². The minimum Gasteiger partial charge on any atom is -0.353 e. The molecule has 4 rings (SSSR count). The number of nitrogens with zero attached hydrogens (tertiary/aromatic N) is 2. The molecule has 1 fully saturated rings. The van der Waals surface area contributed by atoms with Crippen LogP contribution in [0.5, 0.6) is 0 Å². The summed E-state index contributed by atoms with van der Waals surface area (Å²) in [4.78, 5) is 29.1. The first-order chi connectivity index (χ1) is 15.0. The zero-order chi connectivity index (χ0) is 21.8. The van der Waals surface area contributed by atoms with Crippen molar-refractivity contribution in [2.24, 2.45) is 0 Å². The third kappa shape index (κ3) is 5.09. The summed E-state index contributed by atoms with van der Waals surface area (Å²) in [5, 5.41) is 5.22. The number of halogens is 1. The highest BCUT2D eigenvalue weighted by atomic mass is 19.1. The maximum atomic E-state index is 13.1. The third-order valence-electron chi connectivity index (χ3n) is 5.77. The third-order valence-corrected chi connectivity index (χ3v) is 5.77. The van der Waals surface area contributed by atoms with Crippen LogP contribution in [0.3, 0.4) is 0 Å². The van der Waals surface area contributed by atoms with Crippen molar-refractivity contribution in [3.8, 4) is 0 Å². The maximum Gasteiger partial charge on any atom is 0.237 e. The molecule has 31 heavy (non-hydrogen) atoms. The van der Waals surface area contributed by atoms with Crippen molar-refractivity contribution in [3.05, 3.63) is 83.7 Å². The van der Waals surface area contributed by atoms with Gasteiger partial charge in [-0.3, -0.25) is 14.5 Å². The van der Waals surface area contributed by atoms with Gasteiger partial charge in [0, 0.05) is 33.2 Å². The molecule has 5 nitrogen and oxygen atoms in total. The van der Waals surface area contributed by atoms with E-state index in [1.807, 2.05) is 12.1 Å². The number of fused-ring (bicyclic) bond motifs is 1. The van der Waals surface area contributed by atoms with Crippen molar-refractivity contribution in [2.45, 2.75) is 25.6 Å². The highest BCUT2D eigenvalue weighted by molar-refractivity contribution is 5.89. The van der Waals surface area contributed by atoms with Crippen LogP contribution in [0.2, 0.25) is 0 Å². The minimum atomic E-state index is -0.511. The summed E-state index contributed by atoms with van der Waals surface area (Å²) < 4.78 is 13.1. The van der Waals surface area contributed by atoms with E-state index in [1.54, 1.807) is 24.1 Å². The lowest BCUT2D eigenvalue weighted by Crippen LogP contribution is -2.56. The lowest BCUT2D eigenvalue weighted by atomic mass is 10.0. The lowest BCUT2D eigenvalue weighted by molar-refractivity contribution is -0.138. The van der Waals surface area contributed by atoms with Gasteiger partial charge in [-0.25, -0.2) is 4.39 Å². The van der Waals surface area contributed by atoms with Gasteiger partial charge in [-0.2, -0.15) is 0 Å². The van der Waals surface area contributed by atoms with E-state index in [4.69, 9.17) is 0 Å². The summed E-state index contributed by atoms with van der Waals surface area (Å²) in [6, 6.07) is 20.1. The van der Waals surface area contributed by atoms with Crippen LogP contribution in [0.25, 0.3) is 10.8 Å². The monoisotopic (exact) mass is 419 g/mol. The van der Waals surface area contributed by atoms with E-state index in [2.05, 4.69) is 40.5 Å². The Morgan fingerprint density at radius 2 is 1.77 bits per heavy atom. The number of hydrogen-bond donors (Lipinski definition) is 1. The van der Waals surface area contributed by atoms with Gasteiger partial charge in [0.25, 0.3) is 0 Å². The standard InChI is InChI=1S/C25H26FN3O2/c1-28(16-18-7-10-22(26)11-8-18)24(30)15-23-25(31)27-12-13-29(23)17-19-6-9-20-4-2-3-5-21(20)14-19/h2-11,14,23H,12-13,15-17H2,1H3,(H,27,31). The molecule has 2 amide bonds. The topological polar surface area (TPSA) is 52.7 Å². The Hall–Kier alpha value is -3.25. The molecule has 0 radical (unpaired) electrons. The molecule has 6 heteroatoms. The van der Waals surface area contributed by atoms with E-state index in [0.717, 1.165) is 16.5 Å². The van der Waals surface area contributed by atoms with E-state index >= 15 is 0 Å². The second-order valence-corrected chi connectivity index (χ2v) is 8.04. The molecular formula is C25H26FN3O2. The van der Waals surface area contributed by atoms with Crippen LogP contribution in [0.1, 0.15) is 17.5 Å². The van der Waals surface area contributed by atoms with E-state index in [0.29, 0.717) is 26.2 Å². The number of amides is 2. The molecule has 1 N–H and O–H groups in total. The Morgan fingerprint density at radius 1 is 1.06 bits per heavy atom. The first kappa shape index (κ1) is 21.0. The van der Waals surface area contributed by atoms with Gasteiger partial charge in [-0.05, 0) is 40.1 Å². The second-order valence-electron chi connectivity index (χ2n) is 8.04. The van der Waals surface area contributed by atoms with Crippen LogP contribution in [0.4, 0.5) is 4.39 Å². The summed E-state index contributed by atoms with van der Waals surface area (Å²) >= 11 is 0. The Morgan fingerprint density at radius 3 is 2.55 bits per heavy atom. The van der Waals surface area contributed by atoms with Gasteiger partial charge in [-0.1, -0.05) is 48.5 Å². The molecule has 0 bridgehead atoms. The number of carbonyl (C=O) groups excluding carboxylic acids is 2. The Labute approximate surface area is 181 Å². The van der Waals surface area contributed by atoms with Crippen LogP contribution in [-0.2, 0) is 22.7 Å². The highest BCUT2D eigenvalue weighted by Gasteiger charge is 2.32. The number of piperazine rings is 1. The average molecular weight is 420 g/mol. The van der Waals surface area contributed by atoms with E-state index in [-0.39, 0.29) is 24.1 Å². The zero-order valence-corrected chi connectivity index (χ0v) is 17.6. The second kappa shape index (κ2) is 9.27. The predicted octanol–water partition coefficient (Wildman–Crippen LogP) is 3.33. The van der Waals surface area contributed by atoms with Gasteiger partial charge < -0.3 is 10.2 Å². The van der Waals surface area contributed by atoms with Crippen LogP contribution in [0.15, 0.2) is 66.7 Å². The van der Waals surface area contributed by atoms with Gasteiger partial charge in [0.15, 0.2) is 0 Å². The molecule has 1 heterocycles. The zero-order valence-electron chi connectivity index (χ0n) is 17.6. The maximum absolute atomic E-state index is 13.1. The highest BCUT2D eigenvalue weighted by Crippen LogP contribution is 2.20. The SMILES string of the molecule is CN(Cc1ccc(F)cc1)C(=O)CC1C(=O)NCCN1Cc1ccc2ccccc2c1. The van der Waals surface area contributed by atoms with Crippen molar-refractivity contribution < 1.29 is 14.0 Å². The number of hydrogen-bond acceptors (Lipinski definition) is 3. The van der Waals surface area contributed by atoms with Gasteiger partial charge in [0.05, 0.1) is 12.5 Å². The lowest BCUT2D eigenvalue weighted by Gasteiger charge is -2.35. The molecule has 1 unspecified atom stereocenters. The Balaban J connectivity index is 1.44. The van der Waals surface area contributed by atoms with Gasteiger partial charge in [0.1, 0.15) is 5.82 Å². The summed E-state index contributed by atoms with van der Waals surface area (Å²) in [5.74, 6) is -0.536. The molecule has 0 saturated carbocycles. The average Bonchev–Trinajstić information content (AvgIpc) is 2.77. The number of nitrogens with one attached hydrogen (secondary N) is 1. The van der Waals surface area contributed by atoms with Crippen molar-refractivity contribution in [1.29, 1.82) is 0 Å². The molecule has 160 valence electrons. The molecule has 1 atom stereocenters. The van der Waals surface area contributed by atoms with E-state index < -0.39 is 6.04 Å². The number of carbonyl (C=O) groups is 2.